The van der Waals surface area contributed by atoms with Gasteiger partial charge in [-0.25, -0.2) is 13.2 Å². The van der Waals surface area contributed by atoms with Crippen LogP contribution in [0.15, 0.2) is 36.4 Å². The Labute approximate surface area is 159 Å². The number of piperidine rings is 1. The Balaban J connectivity index is 1.53. The zero-order valence-corrected chi connectivity index (χ0v) is 15.7. The minimum atomic E-state index is -1.17. The van der Waals surface area contributed by atoms with Crippen molar-refractivity contribution in [2.75, 3.05) is 19.6 Å². The van der Waals surface area contributed by atoms with Crippen LogP contribution < -0.4 is 5.73 Å². The summed E-state index contributed by atoms with van der Waals surface area (Å²) >= 11 is 0. The van der Waals surface area contributed by atoms with Crippen molar-refractivity contribution in [3.8, 4) is 0 Å². The quantitative estimate of drug-likeness (QED) is 0.750. The molecule has 5 heteroatoms. The van der Waals surface area contributed by atoms with Gasteiger partial charge in [-0.05, 0) is 68.8 Å². The average Bonchev–Trinajstić information content (AvgIpc) is 2.65. The largest absolute Gasteiger partial charge is 0.327 e. The third-order valence-corrected chi connectivity index (χ3v) is 5.41. The lowest BCUT2D eigenvalue weighted by atomic mass is 9.89. The van der Waals surface area contributed by atoms with E-state index in [4.69, 9.17) is 5.73 Å². The molecule has 0 amide bonds. The molecular formula is C22H27F3N2. The van der Waals surface area contributed by atoms with E-state index in [0.29, 0.717) is 18.4 Å². The Morgan fingerprint density at radius 2 is 1.89 bits per heavy atom. The average molecular weight is 376 g/mol. The van der Waals surface area contributed by atoms with E-state index in [2.05, 4.69) is 36.1 Å². The van der Waals surface area contributed by atoms with Crippen molar-refractivity contribution < 1.29 is 13.2 Å². The molecule has 1 aliphatic heterocycles. The molecule has 0 aliphatic carbocycles. The highest BCUT2D eigenvalue weighted by molar-refractivity contribution is 5.26. The molecule has 0 bridgehead atoms. The molecule has 0 aromatic heterocycles. The van der Waals surface area contributed by atoms with Gasteiger partial charge in [0, 0.05) is 18.7 Å². The molecule has 27 heavy (non-hydrogen) atoms. The van der Waals surface area contributed by atoms with Crippen LogP contribution in [0, 0.1) is 24.4 Å². The molecule has 3 rings (SSSR count). The minimum absolute atomic E-state index is 0.137. The Bertz CT molecular complexity index is 778. The van der Waals surface area contributed by atoms with Gasteiger partial charge in [0.25, 0.3) is 0 Å². The van der Waals surface area contributed by atoms with Gasteiger partial charge in [0.1, 0.15) is 5.82 Å². The summed E-state index contributed by atoms with van der Waals surface area (Å²) in [5, 5.41) is 0. The fraction of sp³-hybridized carbons (Fsp3) is 0.455. The van der Waals surface area contributed by atoms with Crippen LogP contribution in [0.4, 0.5) is 13.2 Å². The van der Waals surface area contributed by atoms with E-state index in [9.17, 15) is 13.2 Å². The molecule has 1 fully saturated rings. The van der Waals surface area contributed by atoms with E-state index >= 15 is 0 Å². The molecular weight excluding hydrogens is 349 g/mol. The van der Waals surface area contributed by atoms with Crippen LogP contribution in [0.25, 0.3) is 0 Å². The Morgan fingerprint density at radius 1 is 1.11 bits per heavy atom. The highest BCUT2D eigenvalue weighted by atomic mass is 19.2. The summed E-state index contributed by atoms with van der Waals surface area (Å²) in [6.45, 7) is 4.97. The number of rotatable bonds is 6. The number of hydrogen-bond acceptors (Lipinski definition) is 2. The van der Waals surface area contributed by atoms with Crippen molar-refractivity contribution in [2.45, 2.75) is 44.6 Å². The standard InChI is InChI=1S/C22H27F3N2/c1-15-4-2-5-16(10-15)17-6-3-8-27(14-17)9-7-19(26)11-18-12-21(24)22(25)13-20(18)23/h2,4-5,10,12-13,17,19H,3,6-9,11,14,26H2,1H3. The van der Waals surface area contributed by atoms with Gasteiger partial charge in [-0.1, -0.05) is 29.8 Å². The molecule has 2 aromatic rings. The van der Waals surface area contributed by atoms with Crippen molar-refractivity contribution in [3.05, 3.63) is 70.5 Å². The number of halogens is 3. The molecule has 2 nitrogen and oxygen atoms in total. The van der Waals surface area contributed by atoms with Crippen molar-refractivity contribution in [1.82, 2.24) is 4.90 Å². The summed E-state index contributed by atoms with van der Waals surface area (Å²) in [6.07, 6.45) is 3.23. The lowest BCUT2D eigenvalue weighted by molar-refractivity contribution is 0.201. The number of hydrogen-bond donors (Lipinski definition) is 1. The molecule has 146 valence electrons. The zero-order chi connectivity index (χ0) is 19.4. The summed E-state index contributed by atoms with van der Waals surface area (Å²) < 4.78 is 40.1. The first-order valence-corrected chi connectivity index (χ1v) is 9.60. The first-order chi connectivity index (χ1) is 12.9. The first kappa shape index (κ1) is 19.9. The third-order valence-electron chi connectivity index (χ3n) is 5.41. The highest BCUT2D eigenvalue weighted by Crippen LogP contribution is 2.27. The van der Waals surface area contributed by atoms with Crippen LogP contribution in [0.1, 0.15) is 41.9 Å². The van der Waals surface area contributed by atoms with Gasteiger partial charge in [0.2, 0.25) is 0 Å². The maximum absolute atomic E-state index is 13.8. The molecule has 2 unspecified atom stereocenters. The molecule has 2 aromatic carbocycles. The molecule has 1 saturated heterocycles. The van der Waals surface area contributed by atoms with Crippen LogP contribution in [-0.2, 0) is 6.42 Å². The van der Waals surface area contributed by atoms with Gasteiger partial charge >= 0.3 is 0 Å². The van der Waals surface area contributed by atoms with Crippen molar-refractivity contribution >= 4 is 0 Å². The van der Waals surface area contributed by atoms with Crippen LogP contribution in [0.3, 0.4) is 0 Å². The number of aryl methyl sites for hydroxylation is 1. The predicted octanol–water partition coefficient (Wildman–Crippen LogP) is 4.55. The van der Waals surface area contributed by atoms with E-state index in [1.165, 1.54) is 17.5 Å². The lowest BCUT2D eigenvalue weighted by Crippen LogP contribution is -2.38. The van der Waals surface area contributed by atoms with E-state index in [1.807, 2.05) is 0 Å². The second kappa shape index (κ2) is 8.89. The fourth-order valence-corrected chi connectivity index (χ4v) is 3.91. The Morgan fingerprint density at radius 3 is 2.67 bits per heavy atom. The van der Waals surface area contributed by atoms with E-state index in [-0.39, 0.29) is 18.0 Å². The molecule has 2 N–H and O–H groups in total. The van der Waals surface area contributed by atoms with Crippen molar-refractivity contribution in [3.63, 3.8) is 0 Å². The molecule has 0 spiro atoms. The number of benzene rings is 2. The summed E-state index contributed by atoms with van der Waals surface area (Å²) in [5.41, 5.74) is 8.93. The molecule has 0 radical (unpaired) electrons. The SMILES string of the molecule is Cc1cccc(C2CCCN(CCC(N)Cc3cc(F)c(F)cc3F)C2)c1. The number of nitrogens with zero attached hydrogens (tertiary/aromatic N) is 1. The van der Waals surface area contributed by atoms with Gasteiger partial charge < -0.3 is 10.6 Å². The van der Waals surface area contributed by atoms with Crippen LogP contribution in [-0.4, -0.2) is 30.6 Å². The van der Waals surface area contributed by atoms with Gasteiger partial charge in [0.15, 0.2) is 11.6 Å². The minimum Gasteiger partial charge on any atom is -0.327 e. The van der Waals surface area contributed by atoms with Crippen molar-refractivity contribution in [1.29, 1.82) is 0 Å². The van der Waals surface area contributed by atoms with E-state index in [1.54, 1.807) is 0 Å². The number of likely N-dealkylation sites (tertiary alicyclic amines) is 1. The molecule has 1 aliphatic rings. The van der Waals surface area contributed by atoms with E-state index in [0.717, 1.165) is 32.1 Å². The third kappa shape index (κ3) is 5.33. The topological polar surface area (TPSA) is 29.3 Å². The maximum Gasteiger partial charge on any atom is 0.161 e. The fourth-order valence-electron chi connectivity index (χ4n) is 3.91. The predicted molar refractivity (Wildman–Crippen MR) is 102 cm³/mol. The first-order valence-electron chi connectivity index (χ1n) is 9.60. The molecule has 1 heterocycles. The van der Waals surface area contributed by atoms with Crippen LogP contribution in [0.2, 0.25) is 0 Å². The second-order valence-electron chi connectivity index (χ2n) is 7.66. The smallest absolute Gasteiger partial charge is 0.161 e. The molecule has 0 saturated carbocycles. The highest BCUT2D eigenvalue weighted by Gasteiger charge is 2.22. The van der Waals surface area contributed by atoms with Gasteiger partial charge in [0.05, 0.1) is 0 Å². The Kier molecular flexibility index (Phi) is 6.55. The molecule has 2 atom stereocenters. The second-order valence-corrected chi connectivity index (χ2v) is 7.66. The Hall–Kier alpha value is -1.85. The van der Waals surface area contributed by atoms with Gasteiger partial charge in [-0.2, -0.15) is 0 Å². The van der Waals surface area contributed by atoms with Gasteiger partial charge in [-0.15, -0.1) is 0 Å². The monoisotopic (exact) mass is 376 g/mol. The normalized spacial score (nSPS) is 19.2. The maximum atomic E-state index is 13.8. The summed E-state index contributed by atoms with van der Waals surface area (Å²) in [7, 11) is 0. The van der Waals surface area contributed by atoms with Crippen molar-refractivity contribution in [2.24, 2.45) is 5.73 Å². The van der Waals surface area contributed by atoms with Crippen LogP contribution >= 0.6 is 0 Å². The number of nitrogens with two attached hydrogens (primary N) is 1. The van der Waals surface area contributed by atoms with E-state index < -0.39 is 17.5 Å². The summed E-state index contributed by atoms with van der Waals surface area (Å²) in [4.78, 5) is 2.40. The summed E-state index contributed by atoms with van der Waals surface area (Å²) in [6, 6.07) is 9.89. The van der Waals surface area contributed by atoms with Crippen LogP contribution in [0.5, 0.6) is 0 Å². The lowest BCUT2D eigenvalue weighted by Gasteiger charge is -2.33. The van der Waals surface area contributed by atoms with Gasteiger partial charge in [-0.3, -0.25) is 0 Å². The zero-order valence-electron chi connectivity index (χ0n) is 15.7. The summed E-state index contributed by atoms with van der Waals surface area (Å²) in [5.74, 6) is -2.41.